The van der Waals surface area contributed by atoms with E-state index in [4.69, 9.17) is 10.5 Å². The van der Waals surface area contributed by atoms with E-state index in [2.05, 4.69) is 23.7 Å². The van der Waals surface area contributed by atoms with Crippen molar-refractivity contribution in [2.45, 2.75) is 32.4 Å². The third-order valence-electron chi connectivity index (χ3n) is 3.36. The number of hydrogen-bond acceptors (Lipinski definition) is 5. The molecule has 2 rings (SSSR count). The molecule has 1 aromatic heterocycles. The van der Waals surface area contributed by atoms with Gasteiger partial charge in [0.1, 0.15) is 0 Å². The van der Waals surface area contributed by atoms with Crippen molar-refractivity contribution in [2.75, 3.05) is 25.5 Å². The standard InChI is InChI=1S/C11H19N3OS.ClH/c1-3-11(2)8-15-5-4-14(11)7-9-6-13-10(12)16-9;/h6H,3-5,7-8H2,1-2H3,(H2,12,13);1H. The van der Waals surface area contributed by atoms with Gasteiger partial charge in [-0.1, -0.05) is 6.92 Å². The van der Waals surface area contributed by atoms with Crippen molar-refractivity contribution in [1.29, 1.82) is 0 Å². The molecule has 0 radical (unpaired) electrons. The molecule has 1 aliphatic heterocycles. The summed E-state index contributed by atoms with van der Waals surface area (Å²) in [4.78, 5) is 7.80. The fourth-order valence-electron chi connectivity index (χ4n) is 2.01. The topological polar surface area (TPSA) is 51.4 Å². The number of aromatic nitrogens is 1. The summed E-state index contributed by atoms with van der Waals surface area (Å²) >= 11 is 1.58. The lowest BCUT2D eigenvalue weighted by molar-refractivity contribution is -0.0657. The van der Waals surface area contributed by atoms with Gasteiger partial charge in [-0.2, -0.15) is 0 Å². The lowest BCUT2D eigenvalue weighted by Gasteiger charge is -2.44. The monoisotopic (exact) mass is 277 g/mol. The lowest BCUT2D eigenvalue weighted by atomic mass is 9.96. The van der Waals surface area contributed by atoms with Gasteiger partial charge in [0, 0.05) is 29.7 Å². The molecule has 17 heavy (non-hydrogen) atoms. The summed E-state index contributed by atoms with van der Waals surface area (Å²) in [6.07, 6.45) is 2.98. The van der Waals surface area contributed by atoms with Crippen LogP contribution in [0.1, 0.15) is 25.1 Å². The molecule has 0 aromatic carbocycles. The SMILES string of the molecule is CCC1(C)COCCN1Cc1cnc(N)s1.Cl. The van der Waals surface area contributed by atoms with Gasteiger partial charge in [0.05, 0.1) is 13.2 Å². The van der Waals surface area contributed by atoms with Crippen LogP contribution < -0.4 is 5.73 Å². The zero-order valence-corrected chi connectivity index (χ0v) is 11.9. The first-order chi connectivity index (χ1) is 7.64. The predicted molar refractivity (Wildman–Crippen MR) is 73.7 cm³/mol. The van der Waals surface area contributed by atoms with E-state index in [0.717, 1.165) is 32.7 Å². The minimum Gasteiger partial charge on any atom is -0.378 e. The molecular weight excluding hydrogens is 258 g/mol. The van der Waals surface area contributed by atoms with Crippen LogP contribution >= 0.6 is 23.7 Å². The largest absolute Gasteiger partial charge is 0.378 e. The summed E-state index contributed by atoms with van der Waals surface area (Å²) in [7, 11) is 0. The van der Waals surface area contributed by atoms with E-state index >= 15 is 0 Å². The minimum atomic E-state index is 0. The van der Waals surface area contributed by atoms with Crippen molar-refractivity contribution in [2.24, 2.45) is 0 Å². The second-order valence-electron chi connectivity index (χ2n) is 4.49. The second kappa shape index (κ2) is 6.00. The summed E-state index contributed by atoms with van der Waals surface area (Å²) in [5.41, 5.74) is 5.80. The molecule has 4 nitrogen and oxygen atoms in total. The number of rotatable bonds is 3. The normalized spacial score (nSPS) is 25.5. The van der Waals surface area contributed by atoms with Gasteiger partial charge in [0.25, 0.3) is 0 Å². The Morgan fingerprint density at radius 2 is 2.41 bits per heavy atom. The van der Waals surface area contributed by atoms with Crippen molar-refractivity contribution in [1.82, 2.24) is 9.88 Å². The molecule has 1 fully saturated rings. The Hall–Kier alpha value is -0.360. The van der Waals surface area contributed by atoms with E-state index in [0.29, 0.717) is 5.13 Å². The second-order valence-corrected chi connectivity index (χ2v) is 5.64. The molecule has 0 saturated carbocycles. The Kier molecular flexibility index (Phi) is 5.19. The summed E-state index contributed by atoms with van der Waals surface area (Å²) in [6.45, 7) is 8.03. The maximum Gasteiger partial charge on any atom is 0.180 e. The van der Waals surface area contributed by atoms with Crippen LogP contribution in [0.3, 0.4) is 0 Å². The van der Waals surface area contributed by atoms with E-state index in [1.54, 1.807) is 11.3 Å². The molecule has 6 heteroatoms. The maximum absolute atomic E-state index is 5.65. The van der Waals surface area contributed by atoms with Crippen molar-refractivity contribution in [3.63, 3.8) is 0 Å². The number of thiazole rings is 1. The highest BCUT2D eigenvalue weighted by Gasteiger charge is 2.33. The Labute approximate surface area is 113 Å². The highest BCUT2D eigenvalue weighted by atomic mass is 35.5. The molecule has 1 aromatic rings. The van der Waals surface area contributed by atoms with Gasteiger partial charge < -0.3 is 10.5 Å². The van der Waals surface area contributed by atoms with Crippen molar-refractivity contribution >= 4 is 28.9 Å². The molecular formula is C11H20ClN3OS. The maximum atomic E-state index is 5.65. The van der Waals surface area contributed by atoms with Crippen LogP contribution in [-0.4, -0.2) is 35.2 Å². The van der Waals surface area contributed by atoms with E-state index < -0.39 is 0 Å². The van der Waals surface area contributed by atoms with Crippen molar-refractivity contribution < 1.29 is 4.74 Å². The van der Waals surface area contributed by atoms with E-state index in [1.165, 1.54) is 4.88 Å². The molecule has 1 atom stereocenters. The first-order valence-corrected chi connectivity index (χ1v) is 6.49. The molecule has 0 aliphatic carbocycles. The number of nitrogens with two attached hydrogens (primary N) is 1. The van der Waals surface area contributed by atoms with Gasteiger partial charge in [-0.25, -0.2) is 4.98 Å². The zero-order valence-electron chi connectivity index (χ0n) is 10.3. The molecule has 1 aliphatic rings. The summed E-state index contributed by atoms with van der Waals surface area (Å²) in [5.74, 6) is 0. The molecule has 1 unspecified atom stereocenters. The van der Waals surface area contributed by atoms with E-state index in [1.807, 2.05) is 6.20 Å². The zero-order chi connectivity index (χ0) is 11.6. The molecule has 0 amide bonds. The highest BCUT2D eigenvalue weighted by Crippen LogP contribution is 2.27. The quantitative estimate of drug-likeness (QED) is 0.920. The van der Waals surface area contributed by atoms with Crippen LogP contribution in [0.5, 0.6) is 0 Å². The number of morpholine rings is 1. The van der Waals surface area contributed by atoms with Crippen LogP contribution in [0.2, 0.25) is 0 Å². The first-order valence-electron chi connectivity index (χ1n) is 5.67. The van der Waals surface area contributed by atoms with E-state index in [-0.39, 0.29) is 17.9 Å². The Bertz CT molecular complexity index is 360. The number of anilines is 1. The fraction of sp³-hybridized carbons (Fsp3) is 0.727. The Balaban J connectivity index is 0.00000144. The number of nitrogens with zero attached hydrogens (tertiary/aromatic N) is 2. The molecule has 0 spiro atoms. The highest BCUT2D eigenvalue weighted by molar-refractivity contribution is 7.15. The van der Waals surface area contributed by atoms with Crippen LogP contribution in [0.25, 0.3) is 0 Å². The van der Waals surface area contributed by atoms with Crippen LogP contribution in [0, 0.1) is 0 Å². The molecule has 98 valence electrons. The summed E-state index contributed by atoms with van der Waals surface area (Å²) in [6, 6.07) is 0. The Morgan fingerprint density at radius 1 is 1.65 bits per heavy atom. The summed E-state index contributed by atoms with van der Waals surface area (Å²) in [5, 5.41) is 0.654. The van der Waals surface area contributed by atoms with Gasteiger partial charge >= 0.3 is 0 Å². The molecule has 0 bridgehead atoms. The van der Waals surface area contributed by atoms with E-state index in [9.17, 15) is 0 Å². The minimum absolute atomic E-state index is 0. The van der Waals surface area contributed by atoms with Gasteiger partial charge in [-0.05, 0) is 13.3 Å². The fourth-order valence-corrected chi connectivity index (χ4v) is 2.71. The predicted octanol–water partition coefficient (Wildman–Crippen LogP) is 2.15. The van der Waals surface area contributed by atoms with Crippen molar-refractivity contribution in [3.8, 4) is 0 Å². The third kappa shape index (κ3) is 3.31. The smallest absolute Gasteiger partial charge is 0.180 e. The van der Waals surface area contributed by atoms with Gasteiger partial charge in [0.15, 0.2) is 5.13 Å². The molecule has 2 heterocycles. The van der Waals surface area contributed by atoms with Crippen LogP contribution in [0.15, 0.2) is 6.20 Å². The van der Waals surface area contributed by atoms with Crippen LogP contribution in [-0.2, 0) is 11.3 Å². The third-order valence-corrected chi connectivity index (χ3v) is 4.17. The number of halogens is 1. The van der Waals surface area contributed by atoms with Gasteiger partial charge in [-0.15, -0.1) is 23.7 Å². The van der Waals surface area contributed by atoms with Crippen molar-refractivity contribution in [3.05, 3.63) is 11.1 Å². The number of hydrogen-bond donors (Lipinski definition) is 1. The number of ether oxygens (including phenoxy) is 1. The first kappa shape index (κ1) is 14.7. The average molecular weight is 278 g/mol. The molecule has 2 N–H and O–H groups in total. The Morgan fingerprint density at radius 3 is 3.00 bits per heavy atom. The average Bonchev–Trinajstić information content (AvgIpc) is 2.68. The molecule has 1 saturated heterocycles. The summed E-state index contributed by atoms with van der Waals surface area (Å²) < 4.78 is 5.57. The van der Waals surface area contributed by atoms with Crippen LogP contribution in [0.4, 0.5) is 5.13 Å². The van der Waals surface area contributed by atoms with Gasteiger partial charge in [0.2, 0.25) is 0 Å². The number of nitrogen functional groups attached to an aromatic ring is 1. The lowest BCUT2D eigenvalue weighted by Crippen LogP contribution is -2.53. The van der Waals surface area contributed by atoms with Gasteiger partial charge in [-0.3, -0.25) is 4.90 Å².